The topological polar surface area (TPSA) is 77.1 Å². The molecule has 0 aliphatic rings. The van der Waals surface area contributed by atoms with Gasteiger partial charge in [-0.1, -0.05) is 55.5 Å². The molecule has 0 saturated carbocycles. The van der Waals surface area contributed by atoms with E-state index >= 15 is 0 Å². The fourth-order valence-corrected chi connectivity index (χ4v) is 4.03. The van der Waals surface area contributed by atoms with Crippen molar-refractivity contribution in [2.75, 3.05) is 27.9 Å². The summed E-state index contributed by atoms with van der Waals surface area (Å²) in [6.07, 6.45) is 0.895. The predicted octanol–water partition coefficient (Wildman–Crippen LogP) is 4.55. The molecular formula is C29H34N2O5. The molecule has 0 aromatic heterocycles. The summed E-state index contributed by atoms with van der Waals surface area (Å²) >= 11 is 0. The molecule has 36 heavy (non-hydrogen) atoms. The fraction of sp³-hybridized carbons (Fsp3) is 0.310. The molecule has 0 spiro atoms. The van der Waals surface area contributed by atoms with Gasteiger partial charge in [0.15, 0.2) is 11.5 Å². The number of hydrogen-bond acceptors (Lipinski definition) is 5. The zero-order chi connectivity index (χ0) is 25.9. The largest absolute Gasteiger partial charge is 0.497 e. The Hall–Kier alpha value is -4.00. The highest BCUT2D eigenvalue weighted by molar-refractivity contribution is 5.88. The molecule has 0 fully saturated rings. The molecule has 3 aromatic rings. The van der Waals surface area contributed by atoms with Crippen molar-refractivity contribution in [3.63, 3.8) is 0 Å². The number of nitrogens with one attached hydrogen (secondary N) is 1. The Morgan fingerprint density at radius 2 is 1.50 bits per heavy atom. The molecule has 0 unspecified atom stereocenters. The molecular weight excluding hydrogens is 456 g/mol. The number of amides is 2. The minimum atomic E-state index is -0.758. The number of benzene rings is 3. The van der Waals surface area contributed by atoms with Crippen molar-refractivity contribution in [1.29, 1.82) is 0 Å². The summed E-state index contributed by atoms with van der Waals surface area (Å²) in [5.41, 5.74) is 2.68. The second-order valence-electron chi connectivity index (χ2n) is 8.27. The zero-order valence-electron chi connectivity index (χ0n) is 21.3. The van der Waals surface area contributed by atoms with Crippen LogP contribution in [0.2, 0.25) is 0 Å². The number of rotatable bonds is 12. The Bertz CT molecular complexity index is 1130. The average Bonchev–Trinajstić information content (AvgIpc) is 2.93. The van der Waals surface area contributed by atoms with Crippen LogP contribution >= 0.6 is 0 Å². The predicted molar refractivity (Wildman–Crippen MR) is 139 cm³/mol. The summed E-state index contributed by atoms with van der Waals surface area (Å²) in [5.74, 6) is 1.70. The minimum absolute atomic E-state index is 0.102. The van der Waals surface area contributed by atoms with Crippen molar-refractivity contribution in [2.24, 2.45) is 0 Å². The maximum atomic E-state index is 13.5. The maximum absolute atomic E-state index is 13.5. The van der Waals surface area contributed by atoms with Gasteiger partial charge in [0.05, 0.1) is 21.3 Å². The number of carbonyl (C=O) groups is 2. The molecule has 0 radical (unpaired) electrons. The Labute approximate surface area is 213 Å². The van der Waals surface area contributed by atoms with Crippen LogP contribution in [0.25, 0.3) is 0 Å². The first-order valence-corrected chi connectivity index (χ1v) is 12.0. The van der Waals surface area contributed by atoms with Crippen molar-refractivity contribution in [1.82, 2.24) is 10.2 Å². The average molecular weight is 491 g/mol. The molecule has 7 nitrogen and oxygen atoms in total. The van der Waals surface area contributed by atoms with Gasteiger partial charge in [-0.15, -0.1) is 0 Å². The summed E-state index contributed by atoms with van der Waals surface area (Å²) < 4.78 is 15.9. The SMILES string of the molecule is CCC(=O)N(Cc1ccc(OC)cc1)[C@@H](C(=O)NCCc1ccc(OC)c(OC)c1)c1ccccc1. The van der Waals surface area contributed by atoms with Crippen LogP contribution in [0.15, 0.2) is 72.8 Å². The normalized spacial score (nSPS) is 11.3. The van der Waals surface area contributed by atoms with Gasteiger partial charge in [0, 0.05) is 19.5 Å². The lowest BCUT2D eigenvalue weighted by atomic mass is 10.0. The van der Waals surface area contributed by atoms with Gasteiger partial charge in [0.25, 0.3) is 0 Å². The molecule has 190 valence electrons. The third-order valence-electron chi connectivity index (χ3n) is 5.97. The standard InChI is InChI=1S/C29H34N2O5/c1-5-27(32)31(20-22-11-14-24(34-2)15-12-22)28(23-9-7-6-8-10-23)29(33)30-18-17-21-13-16-25(35-3)26(19-21)36-4/h6-16,19,28H,5,17-18,20H2,1-4H3,(H,30,33)/t28-/m1/s1. The van der Waals surface area contributed by atoms with Crippen LogP contribution in [0.5, 0.6) is 17.2 Å². The van der Waals surface area contributed by atoms with Gasteiger partial charge >= 0.3 is 0 Å². The Morgan fingerprint density at radius 3 is 2.11 bits per heavy atom. The van der Waals surface area contributed by atoms with E-state index in [1.807, 2.05) is 72.8 Å². The number of hydrogen-bond donors (Lipinski definition) is 1. The van der Waals surface area contributed by atoms with Crippen molar-refractivity contribution in [3.8, 4) is 17.2 Å². The van der Waals surface area contributed by atoms with Crippen LogP contribution in [-0.2, 0) is 22.6 Å². The van der Waals surface area contributed by atoms with E-state index in [1.54, 1.807) is 33.2 Å². The van der Waals surface area contributed by atoms with Crippen LogP contribution in [0, 0.1) is 0 Å². The number of methoxy groups -OCH3 is 3. The van der Waals surface area contributed by atoms with Gasteiger partial charge in [0.2, 0.25) is 11.8 Å². The van der Waals surface area contributed by atoms with Gasteiger partial charge in [-0.25, -0.2) is 0 Å². The molecule has 0 heterocycles. The van der Waals surface area contributed by atoms with E-state index in [-0.39, 0.29) is 11.8 Å². The van der Waals surface area contributed by atoms with E-state index in [0.29, 0.717) is 37.4 Å². The Morgan fingerprint density at radius 1 is 0.833 bits per heavy atom. The van der Waals surface area contributed by atoms with E-state index < -0.39 is 6.04 Å². The highest BCUT2D eigenvalue weighted by atomic mass is 16.5. The summed E-state index contributed by atoms with van der Waals surface area (Å²) in [6, 6.07) is 21.9. The first kappa shape index (κ1) is 26.6. The Kier molecular flexibility index (Phi) is 9.74. The monoisotopic (exact) mass is 490 g/mol. The molecule has 7 heteroatoms. The molecule has 0 aliphatic carbocycles. The number of ether oxygens (including phenoxy) is 3. The van der Waals surface area contributed by atoms with Gasteiger partial charge in [-0.05, 0) is 47.4 Å². The molecule has 0 saturated heterocycles. The van der Waals surface area contributed by atoms with E-state index in [9.17, 15) is 9.59 Å². The van der Waals surface area contributed by atoms with Crippen molar-refractivity contribution in [2.45, 2.75) is 32.4 Å². The van der Waals surface area contributed by atoms with Crippen molar-refractivity contribution >= 4 is 11.8 Å². The van der Waals surface area contributed by atoms with Crippen molar-refractivity contribution in [3.05, 3.63) is 89.5 Å². The molecule has 0 aliphatic heterocycles. The Balaban J connectivity index is 1.80. The highest BCUT2D eigenvalue weighted by Crippen LogP contribution is 2.28. The summed E-state index contributed by atoms with van der Waals surface area (Å²) in [6.45, 7) is 2.52. The van der Waals surface area contributed by atoms with E-state index in [0.717, 1.165) is 22.4 Å². The van der Waals surface area contributed by atoms with Crippen LogP contribution in [-0.4, -0.2) is 44.6 Å². The summed E-state index contributed by atoms with van der Waals surface area (Å²) in [5, 5.41) is 3.03. The van der Waals surface area contributed by atoms with E-state index in [4.69, 9.17) is 14.2 Å². The zero-order valence-corrected chi connectivity index (χ0v) is 21.3. The number of nitrogens with zero attached hydrogens (tertiary/aromatic N) is 1. The molecule has 1 N–H and O–H groups in total. The van der Waals surface area contributed by atoms with Crippen LogP contribution in [0.4, 0.5) is 0 Å². The van der Waals surface area contributed by atoms with Gasteiger partial charge in [-0.3, -0.25) is 9.59 Å². The molecule has 1 atom stereocenters. The summed E-state index contributed by atoms with van der Waals surface area (Å²) in [7, 11) is 4.80. The second-order valence-corrected chi connectivity index (χ2v) is 8.27. The van der Waals surface area contributed by atoms with Gasteiger partial charge in [-0.2, -0.15) is 0 Å². The van der Waals surface area contributed by atoms with E-state index in [1.165, 1.54) is 0 Å². The quantitative estimate of drug-likeness (QED) is 0.403. The third kappa shape index (κ3) is 6.78. The lowest BCUT2D eigenvalue weighted by molar-refractivity contribution is -0.141. The fourth-order valence-electron chi connectivity index (χ4n) is 4.03. The molecule has 2 amide bonds. The molecule has 3 rings (SSSR count). The van der Waals surface area contributed by atoms with Crippen LogP contribution in [0.1, 0.15) is 36.1 Å². The second kappa shape index (κ2) is 13.2. The lowest BCUT2D eigenvalue weighted by Crippen LogP contribution is -2.43. The van der Waals surface area contributed by atoms with Gasteiger partial charge < -0.3 is 24.4 Å². The van der Waals surface area contributed by atoms with E-state index in [2.05, 4.69) is 5.32 Å². The molecule has 0 bridgehead atoms. The van der Waals surface area contributed by atoms with Crippen LogP contribution < -0.4 is 19.5 Å². The lowest BCUT2D eigenvalue weighted by Gasteiger charge is -2.31. The molecule has 3 aromatic carbocycles. The van der Waals surface area contributed by atoms with Crippen molar-refractivity contribution < 1.29 is 23.8 Å². The third-order valence-corrected chi connectivity index (χ3v) is 5.97. The highest BCUT2D eigenvalue weighted by Gasteiger charge is 2.30. The first-order chi connectivity index (χ1) is 17.5. The maximum Gasteiger partial charge on any atom is 0.247 e. The van der Waals surface area contributed by atoms with Crippen LogP contribution in [0.3, 0.4) is 0 Å². The number of carbonyl (C=O) groups excluding carboxylic acids is 2. The summed E-state index contributed by atoms with van der Waals surface area (Å²) in [4.78, 5) is 28.3. The minimum Gasteiger partial charge on any atom is -0.497 e. The smallest absolute Gasteiger partial charge is 0.247 e. The van der Waals surface area contributed by atoms with Gasteiger partial charge in [0.1, 0.15) is 11.8 Å². The first-order valence-electron chi connectivity index (χ1n) is 12.0.